The summed E-state index contributed by atoms with van der Waals surface area (Å²) in [6.45, 7) is 5.18. The first-order chi connectivity index (χ1) is 13.3. The molecule has 0 aromatic heterocycles. The van der Waals surface area contributed by atoms with E-state index >= 15 is 0 Å². The summed E-state index contributed by atoms with van der Waals surface area (Å²) in [5.74, 6) is -1.34. The topological polar surface area (TPSA) is 45.3 Å². The van der Waals surface area contributed by atoms with Crippen molar-refractivity contribution in [2.75, 3.05) is 55.9 Å². The highest BCUT2D eigenvalue weighted by molar-refractivity contribution is 6.06. The number of para-hydroxylation sites is 2. The summed E-state index contributed by atoms with van der Waals surface area (Å²) in [6.07, 6.45) is 0. The van der Waals surface area contributed by atoms with Crippen LogP contribution in [0.15, 0.2) is 54.6 Å². The number of carbonyl (C=O) groups is 1. The Morgan fingerprint density at radius 3 is 2.26 bits per heavy atom. The summed E-state index contributed by atoms with van der Waals surface area (Å²) in [7, 11) is 0. The Bertz CT molecular complexity index is 828. The summed E-state index contributed by atoms with van der Waals surface area (Å²) >= 11 is 0. The lowest BCUT2D eigenvalue weighted by atomic mass is 10.1. The number of rotatable bonds is 3. The molecule has 2 aromatic carbocycles. The first-order valence-electron chi connectivity index (χ1n) is 9.50. The molecule has 0 atom stereocenters. The van der Waals surface area contributed by atoms with Gasteiger partial charge in [0.2, 0.25) is 0 Å². The second kappa shape index (κ2) is 6.64. The van der Waals surface area contributed by atoms with Gasteiger partial charge in [0.05, 0.1) is 25.6 Å². The van der Waals surface area contributed by atoms with Crippen molar-refractivity contribution in [2.45, 2.75) is 5.79 Å². The van der Waals surface area contributed by atoms with Gasteiger partial charge in [-0.3, -0.25) is 14.6 Å². The van der Waals surface area contributed by atoms with Gasteiger partial charge in [-0.1, -0.05) is 36.4 Å². The lowest BCUT2D eigenvalue weighted by Crippen LogP contribution is -2.52. The second-order valence-electron chi connectivity index (χ2n) is 7.15. The van der Waals surface area contributed by atoms with Crippen molar-refractivity contribution in [3.63, 3.8) is 0 Å². The van der Waals surface area contributed by atoms with Crippen LogP contribution < -0.4 is 9.80 Å². The molecule has 0 N–H and O–H groups in total. The summed E-state index contributed by atoms with van der Waals surface area (Å²) < 4.78 is 11.6. The zero-order chi connectivity index (χ0) is 18.3. The molecular formula is C21H23N3O3. The van der Waals surface area contributed by atoms with Gasteiger partial charge < -0.3 is 14.4 Å². The molecule has 0 radical (unpaired) electrons. The fourth-order valence-electron chi connectivity index (χ4n) is 4.21. The van der Waals surface area contributed by atoms with Gasteiger partial charge in [0, 0.05) is 37.4 Å². The third kappa shape index (κ3) is 2.72. The maximum Gasteiger partial charge on any atom is 0.293 e. The monoisotopic (exact) mass is 365 g/mol. The van der Waals surface area contributed by atoms with E-state index < -0.39 is 5.79 Å². The largest absolute Gasteiger partial charge is 0.369 e. The lowest BCUT2D eigenvalue weighted by Gasteiger charge is -2.38. The number of piperazine rings is 1. The number of amides is 1. The molecule has 1 amide bonds. The van der Waals surface area contributed by atoms with E-state index in [2.05, 4.69) is 34.1 Å². The Morgan fingerprint density at radius 1 is 0.852 bits per heavy atom. The van der Waals surface area contributed by atoms with Crippen molar-refractivity contribution in [3.05, 3.63) is 60.2 Å². The Hall–Kier alpha value is -2.41. The SMILES string of the molecule is O=C1N(CN2CCN(c3ccccc3)CC2)c2ccccc2C12OCCO2. The molecule has 27 heavy (non-hydrogen) atoms. The van der Waals surface area contributed by atoms with Gasteiger partial charge >= 0.3 is 0 Å². The van der Waals surface area contributed by atoms with Gasteiger partial charge in [-0.2, -0.15) is 0 Å². The molecule has 3 aliphatic rings. The summed E-state index contributed by atoms with van der Waals surface area (Å²) in [6, 6.07) is 18.3. The molecule has 0 bridgehead atoms. The van der Waals surface area contributed by atoms with Crippen LogP contribution in [0.25, 0.3) is 0 Å². The molecule has 0 unspecified atom stereocenters. The Morgan fingerprint density at radius 2 is 1.52 bits per heavy atom. The number of anilines is 2. The summed E-state index contributed by atoms with van der Waals surface area (Å²) in [5, 5.41) is 0. The van der Waals surface area contributed by atoms with Gasteiger partial charge in [-0.05, 0) is 18.2 Å². The number of fused-ring (bicyclic) bond motifs is 2. The zero-order valence-corrected chi connectivity index (χ0v) is 15.2. The van der Waals surface area contributed by atoms with Crippen LogP contribution in [0, 0.1) is 0 Å². The molecule has 0 aliphatic carbocycles. The van der Waals surface area contributed by atoms with Crippen molar-refractivity contribution in [3.8, 4) is 0 Å². The van der Waals surface area contributed by atoms with Crippen molar-refractivity contribution in [1.82, 2.24) is 4.90 Å². The quantitative estimate of drug-likeness (QED) is 0.833. The van der Waals surface area contributed by atoms with Crippen LogP contribution in [0.4, 0.5) is 11.4 Å². The van der Waals surface area contributed by atoms with Crippen molar-refractivity contribution in [1.29, 1.82) is 0 Å². The normalized spacial score (nSPS) is 21.9. The van der Waals surface area contributed by atoms with E-state index in [0.717, 1.165) is 37.4 Å². The number of hydrogen-bond donors (Lipinski definition) is 0. The zero-order valence-electron chi connectivity index (χ0n) is 15.2. The molecule has 3 heterocycles. The third-order valence-corrected chi connectivity index (χ3v) is 5.61. The fraction of sp³-hybridized carbons (Fsp3) is 0.381. The predicted octanol–water partition coefficient (Wildman–Crippen LogP) is 2.01. The van der Waals surface area contributed by atoms with E-state index in [1.165, 1.54) is 5.69 Å². The fourth-order valence-corrected chi connectivity index (χ4v) is 4.21. The van der Waals surface area contributed by atoms with Gasteiger partial charge in [-0.15, -0.1) is 0 Å². The molecule has 2 fully saturated rings. The minimum atomic E-state index is -1.23. The highest BCUT2D eigenvalue weighted by atomic mass is 16.7. The molecule has 6 nitrogen and oxygen atoms in total. The number of ether oxygens (including phenoxy) is 2. The van der Waals surface area contributed by atoms with Gasteiger partial charge in [0.25, 0.3) is 11.7 Å². The molecule has 2 aromatic rings. The van der Waals surface area contributed by atoms with E-state index in [9.17, 15) is 4.79 Å². The van der Waals surface area contributed by atoms with E-state index in [0.29, 0.717) is 19.9 Å². The standard InChI is InChI=1S/C21H23N3O3/c25-20-21(26-14-15-27-21)18-8-4-5-9-19(18)24(20)16-22-10-12-23(13-11-22)17-6-2-1-3-7-17/h1-9H,10-16H2. The summed E-state index contributed by atoms with van der Waals surface area (Å²) in [5.41, 5.74) is 2.98. The number of benzene rings is 2. The maximum absolute atomic E-state index is 13.2. The Labute approximate surface area is 158 Å². The molecule has 5 rings (SSSR count). The van der Waals surface area contributed by atoms with Gasteiger partial charge in [0.15, 0.2) is 0 Å². The average molecular weight is 365 g/mol. The third-order valence-electron chi connectivity index (χ3n) is 5.61. The highest BCUT2D eigenvalue weighted by Gasteiger charge is 2.56. The molecule has 0 saturated carbocycles. The van der Waals surface area contributed by atoms with Gasteiger partial charge in [0.1, 0.15) is 0 Å². The average Bonchev–Trinajstić information content (AvgIpc) is 3.31. The first kappa shape index (κ1) is 16.7. The van der Waals surface area contributed by atoms with Crippen LogP contribution in [0.5, 0.6) is 0 Å². The maximum atomic E-state index is 13.2. The molecule has 1 spiro atoms. The van der Waals surface area contributed by atoms with Crippen LogP contribution in [-0.2, 0) is 20.1 Å². The Balaban J connectivity index is 1.31. The van der Waals surface area contributed by atoms with Crippen LogP contribution in [0.2, 0.25) is 0 Å². The number of carbonyl (C=O) groups excluding carboxylic acids is 1. The van der Waals surface area contributed by atoms with E-state index in [1.54, 1.807) is 0 Å². The first-order valence-corrected chi connectivity index (χ1v) is 9.50. The molecule has 3 aliphatic heterocycles. The number of hydrogen-bond acceptors (Lipinski definition) is 5. The molecule has 140 valence electrons. The van der Waals surface area contributed by atoms with Gasteiger partial charge in [-0.25, -0.2) is 0 Å². The predicted molar refractivity (Wildman–Crippen MR) is 103 cm³/mol. The van der Waals surface area contributed by atoms with Crippen LogP contribution >= 0.6 is 0 Å². The molecular weight excluding hydrogens is 342 g/mol. The van der Waals surface area contributed by atoms with Crippen LogP contribution in [0.3, 0.4) is 0 Å². The Kier molecular flexibility index (Phi) is 4.11. The minimum Gasteiger partial charge on any atom is -0.369 e. The van der Waals surface area contributed by atoms with E-state index in [-0.39, 0.29) is 5.91 Å². The molecule has 2 saturated heterocycles. The van der Waals surface area contributed by atoms with E-state index in [1.807, 2.05) is 35.2 Å². The lowest BCUT2D eigenvalue weighted by molar-refractivity contribution is -0.181. The molecule has 6 heteroatoms. The minimum absolute atomic E-state index is 0.105. The van der Waals surface area contributed by atoms with Crippen LogP contribution in [-0.4, -0.2) is 56.9 Å². The second-order valence-corrected chi connectivity index (χ2v) is 7.15. The van der Waals surface area contributed by atoms with Crippen molar-refractivity contribution in [2.24, 2.45) is 0 Å². The van der Waals surface area contributed by atoms with Crippen LogP contribution in [0.1, 0.15) is 5.56 Å². The smallest absolute Gasteiger partial charge is 0.293 e. The summed E-state index contributed by atoms with van der Waals surface area (Å²) in [4.78, 5) is 19.7. The van der Waals surface area contributed by atoms with Crippen molar-refractivity contribution >= 4 is 17.3 Å². The highest BCUT2D eigenvalue weighted by Crippen LogP contribution is 2.45. The van der Waals surface area contributed by atoms with E-state index in [4.69, 9.17) is 9.47 Å². The number of nitrogens with zero attached hydrogens (tertiary/aromatic N) is 3. The van der Waals surface area contributed by atoms with Crippen molar-refractivity contribution < 1.29 is 14.3 Å².